The molecular formula is C19H25IN4O3. The van der Waals surface area contributed by atoms with E-state index in [4.69, 9.17) is 4.74 Å². The molecule has 2 rings (SSSR count). The molecule has 0 saturated carbocycles. The molecule has 0 aliphatic rings. The van der Waals surface area contributed by atoms with Gasteiger partial charge in [0.15, 0.2) is 5.96 Å². The van der Waals surface area contributed by atoms with Gasteiger partial charge < -0.3 is 15.4 Å². The Morgan fingerprint density at radius 3 is 2.63 bits per heavy atom. The highest BCUT2D eigenvalue weighted by atomic mass is 127. The summed E-state index contributed by atoms with van der Waals surface area (Å²) in [4.78, 5) is 14.8. The summed E-state index contributed by atoms with van der Waals surface area (Å²) in [6.45, 7) is 4.84. The van der Waals surface area contributed by atoms with Crippen LogP contribution in [0.4, 0.5) is 5.69 Å². The lowest BCUT2D eigenvalue weighted by Crippen LogP contribution is -2.41. The Bertz CT molecular complexity index is 783. The molecule has 8 heteroatoms. The number of nitro groups is 1. The third kappa shape index (κ3) is 7.41. The van der Waals surface area contributed by atoms with Crippen molar-refractivity contribution in [2.45, 2.75) is 26.5 Å². The van der Waals surface area contributed by atoms with E-state index in [9.17, 15) is 10.1 Å². The maximum absolute atomic E-state index is 11.1. The van der Waals surface area contributed by atoms with E-state index in [0.29, 0.717) is 24.6 Å². The average Bonchev–Trinajstić information content (AvgIpc) is 2.62. The van der Waals surface area contributed by atoms with E-state index in [1.165, 1.54) is 6.07 Å². The first-order chi connectivity index (χ1) is 12.5. The predicted molar refractivity (Wildman–Crippen MR) is 118 cm³/mol. The average molecular weight is 484 g/mol. The largest absolute Gasteiger partial charge is 0.489 e. The van der Waals surface area contributed by atoms with Crippen LogP contribution in [0.3, 0.4) is 0 Å². The first-order valence-corrected chi connectivity index (χ1v) is 8.39. The molecule has 0 radical (unpaired) electrons. The maximum Gasteiger partial charge on any atom is 0.274 e. The smallest absolute Gasteiger partial charge is 0.274 e. The fraction of sp³-hybridized carbons (Fsp3) is 0.316. The van der Waals surface area contributed by atoms with E-state index in [-0.39, 0.29) is 40.7 Å². The molecule has 2 aromatic carbocycles. The molecule has 0 aromatic heterocycles. The summed E-state index contributed by atoms with van der Waals surface area (Å²) in [5.74, 6) is 1.38. The van der Waals surface area contributed by atoms with Gasteiger partial charge in [0.05, 0.1) is 11.5 Å². The van der Waals surface area contributed by atoms with Crippen LogP contribution in [0.1, 0.15) is 18.1 Å². The van der Waals surface area contributed by atoms with Crippen molar-refractivity contribution in [3.63, 3.8) is 0 Å². The van der Waals surface area contributed by atoms with Crippen molar-refractivity contribution in [1.29, 1.82) is 0 Å². The van der Waals surface area contributed by atoms with Gasteiger partial charge in [-0.3, -0.25) is 15.1 Å². The lowest BCUT2D eigenvalue weighted by molar-refractivity contribution is -0.385. The van der Waals surface area contributed by atoms with Crippen molar-refractivity contribution in [2.24, 2.45) is 4.99 Å². The van der Waals surface area contributed by atoms with Gasteiger partial charge in [-0.15, -0.1) is 24.0 Å². The summed E-state index contributed by atoms with van der Waals surface area (Å²) >= 11 is 0. The van der Waals surface area contributed by atoms with Crippen LogP contribution >= 0.6 is 24.0 Å². The number of rotatable bonds is 7. The molecule has 0 bridgehead atoms. The molecule has 0 amide bonds. The highest BCUT2D eigenvalue weighted by Crippen LogP contribution is 2.17. The second kappa shape index (κ2) is 11.4. The molecule has 0 fully saturated rings. The maximum atomic E-state index is 11.1. The van der Waals surface area contributed by atoms with E-state index < -0.39 is 0 Å². The third-order valence-electron chi connectivity index (χ3n) is 3.74. The second-order valence-corrected chi connectivity index (χ2v) is 5.94. The molecule has 27 heavy (non-hydrogen) atoms. The van der Waals surface area contributed by atoms with Crippen molar-refractivity contribution in [3.8, 4) is 5.75 Å². The number of nitrogens with zero attached hydrogens (tertiary/aromatic N) is 2. The second-order valence-electron chi connectivity index (χ2n) is 5.94. The van der Waals surface area contributed by atoms with Crippen molar-refractivity contribution < 1.29 is 9.66 Å². The van der Waals surface area contributed by atoms with Gasteiger partial charge in [-0.05, 0) is 31.5 Å². The number of hydrogen-bond donors (Lipinski definition) is 2. The topological polar surface area (TPSA) is 88.8 Å². The van der Waals surface area contributed by atoms with Crippen LogP contribution in [0.15, 0.2) is 53.5 Å². The zero-order valence-electron chi connectivity index (χ0n) is 15.6. The Hall–Kier alpha value is -2.36. The summed E-state index contributed by atoms with van der Waals surface area (Å²) in [7, 11) is 1.65. The van der Waals surface area contributed by atoms with Crippen LogP contribution in [0, 0.1) is 17.0 Å². The van der Waals surface area contributed by atoms with E-state index in [1.54, 1.807) is 25.2 Å². The Kier molecular flexibility index (Phi) is 9.55. The normalized spacial score (nSPS) is 11.9. The fourth-order valence-corrected chi connectivity index (χ4v) is 2.44. The molecule has 0 saturated heterocycles. The summed E-state index contributed by atoms with van der Waals surface area (Å²) in [6, 6.07) is 14.5. The zero-order chi connectivity index (χ0) is 18.9. The third-order valence-corrected chi connectivity index (χ3v) is 3.74. The number of ether oxygens (including phenoxy) is 1. The number of aryl methyl sites for hydroxylation is 1. The molecule has 146 valence electrons. The molecular weight excluding hydrogens is 459 g/mol. The molecule has 2 aromatic rings. The van der Waals surface area contributed by atoms with Gasteiger partial charge in [0.25, 0.3) is 5.69 Å². The number of aliphatic imine (C=N–C) groups is 1. The summed E-state index contributed by atoms with van der Waals surface area (Å²) in [5, 5.41) is 17.3. The summed E-state index contributed by atoms with van der Waals surface area (Å²) in [6.07, 6.45) is -0.0681. The predicted octanol–water partition coefficient (Wildman–Crippen LogP) is 3.65. The quantitative estimate of drug-likeness (QED) is 0.206. The van der Waals surface area contributed by atoms with E-state index in [1.807, 2.05) is 38.1 Å². The molecule has 1 unspecified atom stereocenters. The molecule has 1 atom stereocenters. The number of guanidine groups is 1. The van der Waals surface area contributed by atoms with E-state index >= 15 is 0 Å². The van der Waals surface area contributed by atoms with Gasteiger partial charge in [-0.2, -0.15) is 0 Å². The number of halogens is 1. The summed E-state index contributed by atoms with van der Waals surface area (Å²) < 4.78 is 5.87. The van der Waals surface area contributed by atoms with Gasteiger partial charge in [0.1, 0.15) is 11.9 Å². The van der Waals surface area contributed by atoms with Crippen LogP contribution in [-0.4, -0.2) is 30.6 Å². The Morgan fingerprint density at radius 1 is 1.22 bits per heavy atom. The van der Waals surface area contributed by atoms with Gasteiger partial charge in [-0.1, -0.05) is 30.3 Å². The van der Waals surface area contributed by atoms with Gasteiger partial charge in [0.2, 0.25) is 0 Å². The molecule has 0 spiro atoms. The van der Waals surface area contributed by atoms with Crippen LogP contribution in [-0.2, 0) is 6.54 Å². The molecule has 7 nitrogen and oxygen atoms in total. The molecule has 0 aliphatic heterocycles. The fourth-order valence-electron chi connectivity index (χ4n) is 2.44. The van der Waals surface area contributed by atoms with Gasteiger partial charge in [0, 0.05) is 25.2 Å². The lowest BCUT2D eigenvalue weighted by atomic mass is 10.2. The van der Waals surface area contributed by atoms with Gasteiger partial charge in [-0.25, -0.2) is 0 Å². The SMILES string of the molecule is CN=C(NCc1ccccc1[N+](=O)[O-])NCC(C)Oc1cccc(C)c1.I. The van der Waals surface area contributed by atoms with Crippen LogP contribution < -0.4 is 15.4 Å². The van der Waals surface area contributed by atoms with Gasteiger partial charge >= 0.3 is 0 Å². The monoisotopic (exact) mass is 484 g/mol. The minimum atomic E-state index is -0.384. The minimum Gasteiger partial charge on any atom is -0.489 e. The van der Waals surface area contributed by atoms with E-state index in [2.05, 4.69) is 15.6 Å². The zero-order valence-corrected chi connectivity index (χ0v) is 18.0. The number of hydrogen-bond acceptors (Lipinski definition) is 4. The standard InChI is InChI=1S/C19H24N4O3.HI/c1-14-7-6-9-17(11-14)26-15(2)12-21-19(20-3)22-13-16-8-4-5-10-18(16)23(24)25;/h4-11,15H,12-13H2,1-3H3,(H2,20,21,22);1H. The highest BCUT2D eigenvalue weighted by molar-refractivity contribution is 14.0. The summed E-state index contributed by atoms with van der Waals surface area (Å²) in [5.41, 5.74) is 1.83. The number of nitro benzene ring substituents is 1. The minimum absolute atomic E-state index is 0. The first kappa shape index (κ1) is 22.7. The first-order valence-electron chi connectivity index (χ1n) is 8.39. The van der Waals surface area contributed by atoms with Crippen LogP contribution in [0.5, 0.6) is 5.75 Å². The van der Waals surface area contributed by atoms with Crippen molar-refractivity contribution in [3.05, 3.63) is 69.8 Å². The highest BCUT2D eigenvalue weighted by Gasteiger charge is 2.12. The molecule has 0 aliphatic carbocycles. The lowest BCUT2D eigenvalue weighted by Gasteiger charge is -2.18. The molecule has 2 N–H and O–H groups in total. The number of para-hydroxylation sites is 1. The Labute approximate surface area is 176 Å². The number of benzene rings is 2. The Morgan fingerprint density at radius 2 is 1.96 bits per heavy atom. The van der Waals surface area contributed by atoms with Crippen molar-refractivity contribution in [1.82, 2.24) is 10.6 Å². The van der Waals surface area contributed by atoms with E-state index in [0.717, 1.165) is 11.3 Å². The van der Waals surface area contributed by atoms with Crippen molar-refractivity contribution in [2.75, 3.05) is 13.6 Å². The Balaban J connectivity index is 0.00000364. The number of nitrogens with one attached hydrogen (secondary N) is 2. The molecule has 0 heterocycles. The van der Waals surface area contributed by atoms with Crippen molar-refractivity contribution >= 4 is 35.6 Å². The van der Waals surface area contributed by atoms with Crippen LogP contribution in [0.25, 0.3) is 0 Å². The van der Waals surface area contributed by atoms with Crippen LogP contribution in [0.2, 0.25) is 0 Å².